The number of guanidine groups is 1. The highest BCUT2D eigenvalue weighted by Gasteiger charge is 2.36. The van der Waals surface area contributed by atoms with Gasteiger partial charge in [0.25, 0.3) is 0 Å². The number of ether oxygens (including phenoxy) is 2. The largest absolute Gasteiger partial charge is 0.381 e. The van der Waals surface area contributed by atoms with E-state index in [1.807, 2.05) is 12.1 Å². The molecule has 29 heavy (non-hydrogen) atoms. The first-order valence-electron chi connectivity index (χ1n) is 9.96. The Labute approximate surface area is 200 Å². The van der Waals surface area contributed by atoms with Crippen LogP contribution in [-0.4, -0.2) is 70.0 Å². The zero-order valence-corrected chi connectivity index (χ0v) is 20.5. The van der Waals surface area contributed by atoms with Gasteiger partial charge in [0.2, 0.25) is 0 Å². The van der Waals surface area contributed by atoms with Crippen LogP contribution in [0.3, 0.4) is 0 Å². The maximum Gasteiger partial charge on any atom is 0.188 e. The minimum absolute atomic E-state index is 0. The number of halogens is 3. The average Bonchev–Trinajstić information content (AvgIpc) is 2.71. The Balaban J connectivity index is 0.00000300. The molecule has 1 aromatic rings. The summed E-state index contributed by atoms with van der Waals surface area (Å²) in [5.41, 5.74) is 7.04. The number of benzene rings is 1. The van der Waals surface area contributed by atoms with E-state index in [0.717, 1.165) is 64.2 Å². The zero-order valence-electron chi connectivity index (χ0n) is 16.7. The van der Waals surface area contributed by atoms with Crippen LogP contribution in [0.25, 0.3) is 0 Å². The minimum atomic E-state index is -0.167. The summed E-state index contributed by atoms with van der Waals surface area (Å²) in [6, 6.07) is 5.70. The van der Waals surface area contributed by atoms with Crippen LogP contribution in [0.1, 0.15) is 24.8 Å². The van der Waals surface area contributed by atoms with Crippen molar-refractivity contribution in [3.8, 4) is 0 Å². The molecule has 0 amide bonds. The number of aliphatic imine (C=N–C) groups is 1. The molecule has 0 saturated carbocycles. The Bertz CT molecular complexity index is 666. The van der Waals surface area contributed by atoms with Crippen molar-refractivity contribution >= 4 is 53.1 Å². The van der Waals surface area contributed by atoms with Crippen molar-refractivity contribution in [2.45, 2.75) is 24.7 Å². The molecular formula is C20H31Cl2IN4O2. The molecule has 0 aromatic heterocycles. The van der Waals surface area contributed by atoms with Gasteiger partial charge in [-0.15, -0.1) is 24.0 Å². The lowest BCUT2D eigenvalue weighted by atomic mass is 9.74. The van der Waals surface area contributed by atoms with Gasteiger partial charge in [0.05, 0.1) is 19.8 Å². The number of nitrogens with zero attached hydrogens (tertiary/aromatic N) is 2. The molecule has 0 radical (unpaired) electrons. The molecule has 0 aliphatic carbocycles. The molecule has 0 unspecified atom stereocenters. The molecule has 1 aromatic carbocycles. The fourth-order valence-electron chi connectivity index (χ4n) is 3.83. The standard InChI is InChI=1S/C20H30Cl2N4O2.HI/c21-16-2-3-17(18(22)14-16)20(4-10-27-11-5-20)15-25-19(23)24-6-1-7-26-8-12-28-13-9-26;/h2-3,14H,1,4-13,15H2,(H3,23,24,25);1H. The molecule has 2 aliphatic rings. The van der Waals surface area contributed by atoms with Crippen molar-refractivity contribution in [2.75, 3.05) is 59.2 Å². The summed E-state index contributed by atoms with van der Waals surface area (Å²) in [5, 5.41) is 4.56. The Hall–Kier alpha value is -0.320. The molecular weight excluding hydrogens is 526 g/mol. The molecule has 2 heterocycles. The summed E-state index contributed by atoms with van der Waals surface area (Å²) in [5.74, 6) is 0.484. The molecule has 0 spiro atoms. The predicted octanol–water partition coefficient (Wildman–Crippen LogP) is 3.29. The minimum Gasteiger partial charge on any atom is -0.381 e. The second-order valence-electron chi connectivity index (χ2n) is 7.45. The first kappa shape index (κ1) is 24.9. The van der Waals surface area contributed by atoms with Crippen molar-refractivity contribution in [1.82, 2.24) is 10.2 Å². The SMILES string of the molecule is I.NC(=NCC1(c2ccc(Cl)cc2Cl)CCOCC1)NCCCN1CCOCC1. The number of rotatable bonds is 7. The number of nitrogens with two attached hydrogens (primary N) is 1. The van der Waals surface area contributed by atoms with E-state index in [9.17, 15) is 0 Å². The summed E-state index contributed by atoms with van der Waals surface area (Å²) in [6.45, 7) is 7.51. The number of nitrogens with one attached hydrogen (secondary N) is 1. The van der Waals surface area contributed by atoms with Crippen LogP contribution in [0.5, 0.6) is 0 Å². The molecule has 3 N–H and O–H groups in total. The molecule has 164 valence electrons. The lowest BCUT2D eigenvalue weighted by Crippen LogP contribution is -2.40. The molecule has 3 rings (SSSR count). The molecule has 6 nitrogen and oxygen atoms in total. The van der Waals surface area contributed by atoms with E-state index in [1.165, 1.54) is 0 Å². The van der Waals surface area contributed by atoms with Crippen LogP contribution < -0.4 is 11.1 Å². The number of morpholine rings is 1. The van der Waals surface area contributed by atoms with E-state index in [1.54, 1.807) is 6.07 Å². The van der Waals surface area contributed by atoms with Gasteiger partial charge in [-0.05, 0) is 43.5 Å². The fourth-order valence-corrected chi connectivity index (χ4v) is 4.44. The van der Waals surface area contributed by atoms with E-state index in [2.05, 4.69) is 15.2 Å². The summed E-state index contributed by atoms with van der Waals surface area (Å²) in [4.78, 5) is 7.06. The third-order valence-corrected chi connectivity index (χ3v) is 6.11. The zero-order chi connectivity index (χ0) is 19.8. The lowest BCUT2D eigenvalue weighted by Gasteiger charge is -2.37. The van der Waals surface area contributed by atoms with E-state index in [4.69, 9.17) is 38.4 Å². The molecule has 0 atom stereocenters. The summed E-state index contributed by atoms with van der Waals surface area (Å²) in [6.07, 6.45) is 2.75. The van der Waals surface area contributed by atoms with Gasteiger partial charge in [0.15, 0.2) is 5.96 Å². The maximum absolute atomic E-state index is 6.51. The van der Waals surface area contributed by atoms with Gasteiger partial charge in [-0.25, -0.2) is 0 Å². The van der Waals surface area contributed by atoms with E-state index < -0.39 is 0 Å². The van der Waals surface area contributed by atoms with Crippen LogP contribution in [0.15, 0.2) is 23.2 Å². The van der Waals surface area contributed by atoms with E-state index in [-0.39, 0.29) is 29.4 Å². The monoisotopic (exact) mass is 556 g/mol. The smallest absolute Gasteiger partial charge is 0.188 e. The second-order valence-corrected chi connectivity index (χ2v) is 8.30. The Morgan fingerprint density at radius 3 is 2.52 bits per heavy atom. The molecule has 2 fully saturated rings. The maximum atomic E-state index is 6.51. The highest BCUT2D eigenvalue weighted by atomic mass is 127. The molecule has 2 saturated heterocycles. The van der Waals surface area contributed by atoms with Crippen LogP contribution in [-0.2, 0) is 14.9 Å². The number of hydrogen-bond donors (Lipinski definition) is 2. The van der Waals surface area contributed by atoms with Gasteiger partial charge in [-0.2, -0.15) is 0 Å². The van der Waals surface area contributed by atoms with E-state index in [0.29, 0.717) is 35.8 Å². The van der Waals surface area contributed by atoms with Gasteiger partial charge in [0, 0.05) is 48.3 Å². The predicted molar refractivity (Wildman–Crippen MR) is 130 cm³/mol. The first-order chi connectivity index (χ1) is 13.6. The quantitative estimate of drug-likeness (QED) is 0.233. The third-order valence-electron chi connectivity index (χ3n) is 5.57. The van der Waals surface area contributed by atoms with Gasteiger partial charge < -0.3 is 20.5 Å². The highest BCUT2D eigenvalue weighted by Crippen LogP contribution is 2.39. The average molecular weight is 557 g/mol. The summed E-state index contributed by atoms with van der Waals surface area (Å²) < 4.78 is 10.9. The second kappa shape index (κ2) is 12.5. The third kappa shape index (κ3) is 7.40. The van der Waals surface area contributed by atoms with Crippen molar-refractivity contribution in [3.05, 3.63) is 33.8 Å². The fraction of sp³-hybridized carbons (Fsp3) is 0.650. The van der Waals surface area contributed by atoms with Crippen LogP contribution >= 0.6 is 47.2 Å². The normalized spacial score (nSPS) is 20.1. The lowest BCUT2D eigenvalue weighted by molar-refractivity contribution is 0.0376. The topological polar surface area (TPSA) is 72.1 Å². The van der Waals surface area contributed by atoms with Crippen molar-refractivity contribution in [1.29, 1.82) is 0 Å². The summed E-state index contributed by atoms with van der Waals surface area (Å²) >= 11 is 12.6. The Morgan fingerprint density at radius 1 is 1.14 bits per heavy atom. The highest BCUT2D eigenvalue weighted by molar-refractivity contribution is 14.0. The van der Waals surface area contributed by atoms with Gasteiger partial charge in [-0.3, -0.25) is 9.89 Å². The van der Waals surface area contributed by atoms with Crippen molar-refractivity contribution in [3.63, 3.8) is 0 Å². The first-order valence-corrected chi connectivity index (χ1v) is 10.7. The molecule has 9 heteroatoms. The van der Waals surface area contributed by atoms with Gasteiger partial charge in [-0.1, -0.05) is 29.3 Å². The molecule has 0 bridgehead atoms. The van der Waals surface area contributed by atoms with Gasteiger partial charge in [0.1, 0.15) is 0 Å². The Morgan fingerprint density at radius 2 is 1.83 bits per heavy atom. The summed E-state index contributed by atoms with van der Waals surface area (Å²) in [7, 11) is 0. The van der Waals surface area contributed by atoms with Crippen molar-refractivity contribution in [2.24, 2.45) is 10.7 Å². The van der Waals surface area contributed by atoms with Crippen molar-refractivity contribution < 1.29 is 9.47 Å². The Kier molecular flexibility index (Phi) is 10.8. The number of hydrogen-bond acceptors (Lipinski definition) is 4. The van der Waals surface area contributed by atoms with Gasteiger partial charge >= 0.3 is 0 Å². The van der Waals surface area contributed by atoms with Crippen LogP contribution in [0.4, 0.5) is 0 Å². The van der Waals surface area contributed by atoms with Crippen LogP contribution in [0.2, 0.25) is 10.0 Å². The van der Waals surface area contributed by atoms with Crippen LogP contribution in [0, 0.1) is 0 Å². The van der Waals surface area contributed by atoms with E-state index >= 15 is 0 Å². The molecule has 2 aliphatic heterocycles.